The summed E-state index contributed by atoms with van der Waals surface area (Å²) in [5, 5.41) is 7.43. The van der Waals surface area contributed by atoms with E-state index in [-0.39, 0.29) is 11.7 Å². The third-order valence-corrected chi connectivity index (χ3v) is 6.98. The monoisotopic (exact) mass is 467 g/mol. The summed E-state index contributed by atoms with van der Waals surface area (Å²) in [5.41, 5.74) is 3.76. The normalized spacial score (nSPS) is 10.8. The second kappa shape index (κ2) is 9.55. The summed E-state index contributed by atoms with van der Waals surface area (Å²) in [6.45, 7) is 1.75. The number of halogens is 1. The van der Waals surface area contributed by atoms with Crippen LogP contribution in [0, 0.1) is 16.7 Å². The van der Waals surface area contributed by atoms with Gasteiger partial charge in [-0.15, -0.1) is 5.10 Å². The predicted molar refractivity (Wildman–Crippen MR) is 127 cm³/mol. The Bertz CT molecular complexity index is 1270. The van der Waals surface area contributed by atoms with Crippen LogP contribution < -0.4 is 5.32 Å². The number of carbonyl (C=O) groups excluding carboxylic acids is 1. The van der Waals surface area contributed by atoms with Gasteiger partial charge in [0.15, 0.2) is 8.29 Å². The summed E-state index contributed by atoms with van der Waals surface area (Å²) < 4.78 is 16.5. The highest BCUT2D eigenvalue weighted by atomic mass is 32.2. The van der Waals surface area contributed by atoms with Crippen LogP contribution in [0.2, 0.25) is 0 Å². The average Bonchev–Trinajstić information content (AvgIpc) is 3.15. The van der Waals surface area contributed by atoms with Gasteiger partial charge in [0, 0.05) is 17.0 Å². The van der Waals surface area contributed by atoms with Crippen molar-refractivity contribution in [2.45, 2.75) is 17.0 Å². The average molecular weight is 468 g/mol. The Morgan fingerprint density at radius 3 is 2.58 bits per heavy atom. The molecule has 4 aromatic rings. The molecule has 0 spiro atoms. The summed E-state index contributed by atoms with van der Waals surface area (Å²) in [7, 11) is 0. The Labute approximate surface area is 192 Å². The maximum atomic E-state index is 13.3. The number of hydrogen-bond donors (Lipinski definition) is 1. The number of carbonyl (C=O) groups is 1. The molecule has 3 aromatic carbocycles. The first-order chi connectivity index (χ1) is 15.0. The number of amides is 1. The van der Waals surface area contributed by atoms with Crippen molar-refractivity contribution < 1.29 is 9.18 Å². The van der Waals surface area contributed by atoms with Gasteiger partial charge in [0.1, 0.15) is 5.82 Å². The number of aromatic nitrogens is 2. The first-order valence-electron chi connectivity index (χ1n) is 9.44. The van der Waals surface area contributed by atoms with Crippen molar-refractivity contribution in [3.8, 4) is 5.69 Å². The van der Waals surface area contributed by atoms with Gasteiger partial charge >= 0.3 is 0 Å². The Hall–Kier alpha value is -2.81. The molecule has 0 radical (unpaired) electrons. The lowest BCUT2D eigenvalue weighted by Gasteiger charge is -2.09. The van der Waals surface area contributed by atoms with Crippen LogP contribution in [0.25, 0.3) is 5.69 Å². The number of nitrogens with one attached hydrogen (secondary N) is 1. The zero-order valence-corrected chi connectivity index (χ0v) is 19.0. The topological polar surface area (TPSA) is 46.9 Å². The number of hydrogen-bond acceptors (Lipinski definition) is 5. The number of rotatable bonds is 6. The maximum absolute atomic E-state index is 13.3. The summed E-state index contributed by atoms with van der Waals surface area (Å²) in [6.07, 6.45) is 0. The van der Waals surface area contributed by atoms with Crippen LogP contribution in [0.3, 0.4) is 0 Å². The molecular formula is C23H18FN3OS3. The molecule has 1 aromatic heterocycles. The lowest BCUT2D eigenvalue weighted by atomic mass is 10.1. The van der Waals surface area contributed by atoms with Crippen LogP contribution in [0.5, 0.6) is 0 Å². The van der Waals surface area contributed by atoms with Gasteiger partial charge < -0.3 is 5.32 Å². The molecule has 1 heterocycles. The smallest absolute Gasteiger partial charge is 0.255 e. The molecule has 0 saturated heterocycles. The van der Waals surface area contributed by atoms with Crippen LogP contribution in [0.1, 0.15) is 21.5 Å². The van der Waals surface area contributed by atoms with Gasteiger partial charge in [-0.05, 0) is 72.7 Å². The van der Waals surface area contributed by atoms with Gasteiger partial charge in [-0.1, -0.05) is 53.4 Å². The molecule has 1 N–H and O–H groups in total. The molecular weight excluding hydrogens is 449 g/mol. The van der Waals surface area contributed by atoms with Crippen LogP contribution in [-0.4, -0.2) is 15.7 Å². The van der Waals surface area contributed by atoms with Crippen molar-refractivity contribution in [1.82, 2.24) is 9.78 Å². The fourth-order valence-electron chi connectivity index (χ4n) is 2.92. The summed E-state index contributed by atoms with van der Waals surface area (Å²) >= 11 is 8.58. The minimum atomic E-state index is -0.332. The molecule has 31 heavy (non-hydrogen) atoms. The number of thioether (sulfide) groups is 1. The van der Waals surface area contributed by atoms with E-state index in [2.05, 4.69) is 22.5 Å². The quantitative estimate of drug-likeness (QED) is 0.255. The zero-order valence-electron chi connectivity index (χ0n) is 16.5. The van der Waals surface area contributed by atoms with Gasteiger partial charge in [-0.25, -0.2) is 9.07 Å². The van der Waals surface area contributed by atoms with Crippen molar-refractivity contribution in [1.29, 1.82) is 0 Å². The minimum Gasteiger partial charge on any atom is -0.322 e. The molecule has 0 aliphatic rings. The number of anilines is 1. The number of benzene rings is 3. The molecule has 0 saturated carbocycles. The molecule has 0 bridgehead atoms. The van der Waals surface area contributed by atoms with Crippen LogP contribution in [0.4, 0.5) is 10.1 Å². The highest BCUT2D eigenvalue weighted by molar-refractivity contribution is 8.00. The maximum Gasteiger partial charge on any atom is 0.255 e. The van der Waals surface area contributed by atoms with Crippen LogP contribution in [-0.2, 0) is 5.75 Å². The molecule has 0 fully saturated rings. The molecule has 8 heteroatoms. The lowest BCUT2D eigenvalue weighted by molar-refractivity contribution is 0.102. The largest absolute Gasteiger partial charge is 0.322 e. The van der Waals surface area contributed by atoms with E-state index in [1.54, 1.807) is 41.6 Å². The van der Waals surface area contributed by atoms with E-state index in [4.69, 9.17) is 12.2 Å². The minimum absolute atomic E-state index is 0.262. The van der Waals surface area contributed by atoms with E-state index in [9.17, 15) is 9.18 Å². The number of aryl methyl sites for hydroxylation is 1. The Morgan fingerprint density at radius 1 is 1.13 bits per heavy atom. The standard InChI is InChI=1S/C23H18FN3OS3/c1-15-13-18(24)9-12-20(15)25-21(28)17-7-10-19(11-8-17)27-23(29)31-22(26-27)30-14-16-5-3-2-4-6-16/h2-13H,14H2,1H3,(H,25,28). The van der Waals surface area contributed by atoms with E-state index in [1.807, 2.05) is 30.3 Å². The van der Waals surface area contributed by atoms with E-state index >= 15 is 0 Å². The molecule has 0 aliphatic heterocycles. The van der Waals surface area contributed by atoms with Crippen molar-refractivity contribution in [3.63, 3.8) is 0 Å². The summed E-state index contributed by atoms with van der Waals surface area (Å²) in [5.74, 6) is 0.230. The fourth-order valence-corrected chi connectivity index (χ4v) is 5.23. The molecule has 4 rings (SSSR count). The highest BCUT2D eigenvalue weighted by Crippen LogP contribution is 2.27. The molecule has 0 unspecified atom stereocenters. The van der Waals surface area contributed by atoms with Gasteiger partial charge in [-0.2, -0.15) is 0 Å². The molecule has 0 atom stereocenters. The molecule has 4 nitrogen and oxygen atoms in total. The number of nitrogens with zero attached hydrogens (tertiary/aromatic N) is 2. The van der Waals surface area contributed by atoms with Gasteiger partial charge in [-0.3, -0.25) is 4.79 Å². The van der Waals surface area contributed by atoms with Crippen molar-refractivity contribution in [3.05, 3.63) is 99.3 Å². The second-order valence-corrected chi connectivity index (χ2v) is 9.63. The third-order valence-electron chi connectivity index (χ3n) is 4.55. The van der Waals surface area contributed by atoms with Gasteiger partial charge in [0.05, 0.1) is 5.69 Å². The lowest BCUT2D eigenvalue weighted by Crippen LogP contribution is -2.13. The SMILES string of the molecule is Cc1cc(F)ccc1NC(=O)c1ccc(-n2nc(SCc3ccccc3)sc2=S)cc1. The van der Waals surface area contributed by atoms with Crippen LogP contribution in [0.15, 0.2) is 77.1 Å². The van der Waals surface area contributed by atoms with Crippen LogP contribution >= 0.6 is 35.3 Å². The first kappa shape index (κ1) is 21.4. The Morgan fingerprint density at radius 2 is 1.87 bits per heavy atom. The van der Waals surface area contributed by atoms with E-state index < -0.39 is 0 Å². The van der Waals surface area contributed by atoms with Crippen molar-refractivity contribution >= 4 is 46.9 Å². The van der Waals surface area contributed by atoms with Gasteiger partial charge in [0.25, 0.3) is 5.91 Å². The summed E-state index contributed by atoms with van der Waals surface area (Å²) in [4.78, 5) is 12.5. The summed E-state index contributed by atoms with van der Waals surface area (Å²) in [6, 6.07) is 21.5. The Balaban J connectivity index is 1.46. The third kappa shape index (κ3) is 5.28. The molecule has 0 aliphatic carbocycles. The van der Waals surface area contributed by atoms with Crippen molar-refractivity contribution in [2.24, 2.45) is 0 Å². The first-order valence-corrected chi connectivity index (χ1v) is 11.7. The Kier molecular flexibility index (Phi) is 6.60. The van der Waals surface area contributed by atoms with E-state index in [0.29, 0.717) is 20.8 Å². The van der Waals surface area contributed by atoms with Gasteiger partial charge in [0.2, 0.25) is 0 Å². The van der Waals surface area contributed by atoms with E-state index in [0.717, 1.165) is 15.8 Å². The highest BCUT2D eigenvalue weighted by Gasteiger charge is 2.11. The van der Waals surface area contributed by atoms with Crippen molar-refractivity contribution in [2.75, 3.05) is 5.32 Å². The zero-order chi connectivity index (χ0) is 21.8. The van der Waals surface area contributed by atoms with E-state index in [1.165, 1.54) is 29.0 Å². The second-order valence-electron chi connectivity index (χ2n) is 6.78. The fraction of sp³-hybridized carbons (Fsp3) is 0.0870. The predicted octanol–water partition coefficient (Wildman–Crippen LogP) is 6.66. The molecule has 156 valence electrons. The molecule has 1 amide bonds.